The van der Waals surface area contributed by atoms with Crippen LogP contribution in [0.2, 0.25) is 0 Å². The predicted octanol–water partition coefficient (Wildman–Crippen LogP) is 5.16. The van der Waals surface area contributed by atoms with Gasteiger partial charge in [0.1, 0.15) is 17.2 Å². The van der Waals surface area contributed by atoms with Gasteiger partial charge < -0.3 is 14.2 Å². The molecule has 3 aromatic rings. The molecule has 1 aliphatic heterocycles. The van der Waals surface area contributed by atoms with E-state index in [9.17, 15) is 30.8 Å². The van der Waals surface area contributed by atoms with Gasteiger partial charge in [0, 0.05) is 17.3 Å². The van der Waals surface area contributed by atoms with Crippen LogP contribution in [0.1, 0.15) is 21.6 Å². The molecule has 0 amide bonds. The van der Waals surface area contributed by atoms with Crippen molar-refractivity contribution in [2.24, 2.45) is 0 Å². The van der Waals surface area contributed by atoms with E-state index in [2.05, 4.69) is 25.6 Å². The zero-order valence-electron chi connectivity index (χ0n) is 18.4. The zero-order chi connectivity index (χ0) is 26.4. The Morgan fingerprint density at radius 2 is 1.75 bits per heavy atom. The summed E-state index contributed by atoms with van der Waals surface area (Å²) in [5.41, 5.74) is -2.06. The first-order valence-corrected chi connectivity index (χ1v) is 12.1. The fraction of sp³-hybridized carbons (Fsp3) is 0.182. The molecule has 4 rings (SSSR count). The molecule has 0 radical (unpaired) electrons. The zero-order valence-corrected chi connectivity index (χ0v) is 20.8. The summed E-state index contributed by atoms with van der Waals surface area (Å²) >= 11 is 3.14. The number of hydrogen-bond donors (Lipinski definition) is 1. The van der Waals surface area contributed by atoms with Gasteiger partial charge in [0.2, 0.25) is 0 Å². The second kappa shape index (κ2) is 9.24. The van der Waals surface area contributed by atoms with E-state index in [-0.39, 0.29) is 38.2 Å². The number of benzene rings is 2. The number of rotatable bonds is 2. The molecule has 36 heavy (non-hydrogen) atoms. The summed E-state index contributed by atoms with van der Waals surface area (Å²) < 4.78 is 99.2. The number of nitrogens with zero attached hydrogens (tertiary/aromatic N) is 1. The third-order valence-corrected chi connectivity index (χ3v) is 7.14. The lowest BCUT2D eigenvalue weighted by Gasteiger charge is -2.17. The highest BCUT2D eigenvalue weighted by atomic mass is 79.9. The lowest BCUT2D eigenvalue weighted by molar-refractivity contribution is -0.141. The maximum Gasteiger partial charge on any atom is 0.433 e. The molecule has 1 N–H and O–H groups in total. The van der Waals surface area contributed by atoms with Crippen LogP contribution in [-0.2, 0) is 27.5 Å². The van der Waals surface area contributed by atoms with Gasteiger partial charge in [-0.15, -0.1) is 0 Å². The summed E-state index contributed by atoms with van der Waals surface area (Å²) in [7, 11) is -2.21. The highest BCUT2D eigenvalue weighted by Gasteiger charge is 2.34. The average molecular weight is 591 g/mol. The molecule has 190 valence electrons. The van der Waals surface area contributed by atoms with Crippen molar-refractivity contribution in [2.45, 2.75) is 17.7 Å². The normalized spacial score (nSPS) is 14.8. The fourth-order valence-electron chi connectivity index (χ4n) is 3.57. The number of hydrogen-bond acceptors (Lipinski definition) is 7. The summed E-state index contributed by atoms with van der Waals surface area (Å²) in [5.74, 6) is -2.67. The van der Waals surface area contributed by atoms with Crippen LogP contribution in [-0.4, -0.2) is 33.6 Å². The molecule has 1 aromatic heterocycles. The van der Waals surface area contributed by atoms with Crippen molar-refractivity contribution in [2.75, 3.05) is 18.9 Å². The van der Waals surface area contributed by atoms with Crippen molar-refractivity contribution < 1.29 is 45.0 Å². The minimum Gasteiger partial charge on any atom is -0.494 e. The van der Waals surface area contributed by atoms with Crippen molar-refractivity contribution in [3.63, 3.8) is 0 Å². The SMILES string of the molecule is COc1c(F)cc2cc1NS(=O)(=O)c1cc(cc(Br)c1OC)C(=O)OCc1cc(C(F)(F)F)ncc1-2. The van der Waals surface area contributed by atoms with Gasteiger partial charge in [0.25, 0.3) is 10.0 Å². The highest BCUT2D eigenvalue weighted by Crippen LogP contribution is 2.40. The number of esters is 1. The number of pyridine rings is 1. The molecule has 0 atom stereocenters. The van der Waals surface area contributed by atoms with Crippen LogP contribution in [0.25, 0.3) is 11.1 Å². The smallest absolute Gasteiger partial charge is 0.433 e. The number of carbonyl (C=O) groups excluding carboxylic acids is 1. The fourth-order valence-corrected chi connectivity index (χ4v) is 5.60. The lowest BCUT2D eigenvalue weighted by Crippen LogP contribution is -2.16. The molecule has 4 bridgehead atoms. The van der Waals surface area contributed by atoms with Gasteiger partial charge in [-0.2, -0.15) is 13.2 Å². The summed E-state index contributed by atoms with van der Waals surface area (Å²) in [5, 5.41) is 0. The molecular formula is C22H15BrF4N2O6S. The van der Waals surface area contributed by atoms with Crippen molar-refractivity contribution in [3.8, 4) is 22.6 Å². The lowest BCUT2D eigenvalue weighted by atomic mass is 10.0. The maximum atomic E-state index is 15.0. The highest BCUT2D eigenvalue weighted by molar-refractivity contribution is 9.10. The van der Waals surface area contributed by atoms with E-state index in [0.29, 0.717) is 6.07 Å². The number of halogens is 5. The van der Waals surface area contributed by atoms with E-state index in [1.807, 2.05) is 0 Å². The molecule has 0 aliphatic carbocycles. The van der Waals surface area contributed by atoms with E-state index >= 15 is 0 Å². The van der Waals surface area contributed by atoms with Crippen molar-refractivity contribution in [1.82, 2.24) is 4.98 Å². The monoisotopic (exact) mass is 590 g/mol. The van der Waals surface area contributed by atoms with Crippen LogP contribution in [0, 0.1) is 5.82 Å². The number of cyclic esters (lactones) is 1. The minimum absolute atomic E-state index is 0.0254. The van der Waals surface area contributed by atoms with Gasteiger partial charge in [0.05, 0.1) is 29.9 Å². The van der Waals surface area contributed by atoms with Gasteiger partial charge >= 0.3 is 12.1 Å². The number of nitrogens with one attached hydrogen (secondary N) is 1. The minimum atomic E-state index is -4.80. The van der Waals surface area contributed by atoms with Gasteiger partial charge in [0.15, 0.2) is 17.3 Å². The number of anilines is 1. The quantitative estimate of drug-likeness (QED) is 0.325. The predicted molar refractivity (Wildman–Crippen MR) is 122 cm³/mol. The Labute approximate surface area is 210 Å². The Morgan fingerprint density at radius 3 is 2.39 bits per heavy atom. The summed E-state index contributed by atoms with van der Waals surface area (Å²) in [6.45, 7) is -0.651. The number of ether oxygens (including phenoxy) is 3. The Bertz CT molecular complexity index is 1490. The molecule has 0 unspecified atom stereocenters. The van der Waals surface area contributed by atoms with Crippen LogP contribution in [0.3, 0.4) is 0 Å². The molecule has 1 aliphatic rings. The summed E-state index contributed by atoms with van der Waals surface area (Å²) in [6, 6.07) is 4.97. The van der Waals surface area contributed by atoms with Gasteiger partial charge in [-0.3, -0.25) is 9.71 Å². The first-order valence-electron chi connectivity index (χ1n) is 9.87. The van der Waals surface area contributed by atoms with Crippen LogP contribution in [0.4, 0.5) is 23.2 Å². The molecule has 0 fully saturated rings. The molecule has 8 nitrogen and oxygen atoms in total. The van der Waals surface area contributed by atoms with Gasteiger partial charge in [-0.1, -0.05) is 0 Å². The van der Waals surface area contributed by atoms with E-state index in [4.69, 9.17) is 14.2 Å². The van der Waals surface area contributed by atoms with E-state index in [1.54, 1.807) is 0 Å². The van der Waals surface area contributed by atoms with Crippen molar-refractivity contribution in [1.29, 1.82) is 0 Å². The molecule has 0 saturated heterocycles. The second-order valence-corrected chi connectivity index (χ2v) is 9.94. The van der Waals surface area contributed by atoms with Crippen LogP contribution in [0.15, 0.2) is 45.9 Å². The van der Waals surface area contributed by atoms with Gasteiger partial charge in [-0.05, 0) is 51.8 Å². The number of methoxy groups -OCH3 is 2. The second-order valence-electron chi connectivity index (χ2n) is 7.43. The Morgan fingerprint density at radius 1 is 1.06 bits per heavy atom. The number of sulfonamides is 1. The Kier molecular flexibility index (Phi) is 6.60. The van der Waals surface area contributed by atoms with Crippen molar-refractivity contribution >= 4 is 37.6 Å². The first kappa shape index (κ1) is 25.7. The molecule has 0 spiro atoms. The average Bonchev–Trinajstić information content (AvgIpc) is 2.80. The topological polar surface area (TPSA) is 104 Å². The standard InChI is InChI=1S/C22H15BrF4N2O6S/c1-33-19-14(23)3-11-6-17(19)36(31,32)29-16-5-10(4-15(24)20(16)34-2)13-8-28-18(22(25,26)27)7-12(13)9-35-21(11)30/h3-8,29H,9H2,1-2H3. The number of fused-ring (bicyclic) bond motifs is 6. The summed E-state index contributed by atoms with van der Waals surface area (Å²) in [6.07, 6.45) is -3.97. The van der Waals surface area contributed by atoms with Gasteiger partial charge in [-0.25, -0.2) is 17.6 Å². The Balaban J connectivity index is 2.03. The third kappa shape index (κ3) is 4.69. The van der Waals surface area contributed by atoms with E-state index in [1.165, 1.54) is 19.2 Å². The van der Waals surface area contributed by atoms with Crippen molar-refractivity contribution in [3.05, 3.63) is 63.6 Å². The Hall–Kier alpha value is -3.39. The van der Waals surface area contributed by atoms with Crippen LogP contribution >= 0.6 is 15.9 Å². The maximum absolute atomic E-state index is 15.0. The van der Waals surface area contributed by atoms with Crippen LogP contribution < -0.4 is 14.2 Å². The molecule has 2 aromatic carbocycles. The first-order chi connectivity index (χ1) is 16.9. The third-order valence-electron chi connectivity index (χ3n) is 5.18. The van der Waals surface area contributed by atoms with E-state index in [0.717, 1.165) is 25.4 Å². The molecule has 14 heteroatoms. The number of aromatic nitrogens is 1. The number of carbonyl (C=O) groups is 1. The van der Waals surface area contributed by atoms with Crippen LogP contribution in [0.5, 0.6) is 11.5 Å². The molecule has 2 heterocycles. The summed E-state index contributed by atoms with van der Waals surface area (Å²) in [4.78, 5) is 15.7. The number of alkyl halides is 3. The molecular weight excluding hydrogens is 576 g/mol. The van der Waals surface area contributed by atoms with E-state index < -0.39 is 50.9 Å². The largest absolute Gasteiger partial charge is 0.494 e. The molecule has 0 saturated carbocycles.